The van der Waals surface area contributed by atoms with E-state index in [9.17, 15) is 0 Å². The summed E-state index contributed by atoms with van der Waals surface area (Å²) in [6.45, 7) is 5.50. The maximum absolute atomic E-state index is 5.44. The van der Waals surface area contributed by atoms with Gasteiger partial charge in [-0.3, -0.25) is 0 Å². The minimum atomic E-state index is 0.352. The van der Waals surface area contributed by atoms with Crippen LogP contribution in [-0.4, -0.2) is 12.2 Å². The van der Waals surface area contributed by atoms with Crippen LogP contribution < -0.4 is 0 Å². The summed E-state index contributed by atoms with van der Waals surface area (Å²) >= 11 is 0. The lowest BCUT2D eigenvalue weighted by molar-refractivity contribution is 0.267. The van der Waals surface area contributed by atoms with Crippen molar-refractivity contribution in [3.8, 4) is 0 Å². The number of unbranched alkanes of at least 4 members (excludes halogenated alkanes) is 1. The van der Waals surface area contributed by atoms with Gasteiger partial charge in [0.05, 0.1) is 12.2 Å². The molecule has 1 fully saturated rings. The molecule has 0 aromatic rings. The molecule has 1 heterocycles. The van der Waals surface area contributed by atoms with Gasteiger partial charge in [-0.25, -0.2) is 0 Å². The van der Waals surface area contributed by atoms with E-state index in [4.69, 9.17) is 4.74 Å². The fourth-order valence-corrected chi connectivity index (χ4v) is 1.47. The van der Waals surface area contributed by atoms with Crippen LogP contribution in [0.25, 0.3) is 0 Å². The van der Waals surface area contributed by atoms with Crippen LogP contribution in [0.1, 0.15) is 46.0 Å². The van der Waals surface area contributed by atoms with Crippen molar-refractivity contribution in [3.05, 3.63) is 0 Å². The minimum Gasteiger partial charge on any atom is -0.370 e. The summed E-state index contributed by atoms with van der Waals surface area (Å²) < 4.78 is 5.44. The fraction of sp³-hybridized carbons (Fsp3) is 1.00. The lowest BCUT2D eigenvalue weighted by Gasteiger charge is -2.07. The number of hydrogen-bond donors (Lipinski definition) is 0. The van der Waals surface area contributed by atoms with Gasteiger partial charge in [0.2, 0.25) is 0 Å². The zero-order valence-electron chi connectivity index (χ0n) is 7.15. The van der Waals surface area contributed by atoms with Crippen LogP contribution in [-0.2, 0) is 4.74 Å². The molecule has 0 aromatic carbocycles. The highest BCUT2D eigenvalue weighted by molar-refractivity contribution is 4.90. The summed E-state index contributed by atoms with van der Waals surface area (Å²) in [5.41, 5.74) is 0.352. The van der Waals surface area contributed by atoms with Crippen molar-refractivity contribution in [2.45, 2.75) is 51.6 Å². The molecule has 0 aromatic heterocycles. The lowest BCUT2D eigenvalue weighted by atomic mass is 9.98. The summed E-state index contributed by atoms with van der Waals surface area (Å²) in [7, 11) is 0. The van der Waals surface area contributed by atoms with Crippen molar-refractivity contribution in [1.82, 2.24) is 0 Å². The highest BCUT2D eigenvalue weighted by atomic mass is 16.6. The molecule has 0 spiro atoms. The Kier molecular flexibility index (Phi) is 2.72. The van der Waals surface area contributed by atoms with Crippen LogP contribution in [0.15, 0.2) is 0 Å². The van der Waals surface area contributed by atoms with Crippen LogP contribution in [0.5, 0.6) is 0 Å². The van der Waals surface area contributed by atoms with Crippen molar-refractivity contribution < 1.29 is 4.74 Å². The van der Waals surface area contributed by atoms with E-state index in [0.717, 1.165) is 6.61 Å². The van der Waals surface area contributed by atoms with Gasteiger partial charge in [-0.2, -0.15) is 0 Å². The van der Waals surface area contributed by atoms with Crippen LogP contribution in [0.4, 0.5) is 0 Å². The average molecular weight is 142 g/mol. The SMILES string of the molecule is CCCCC1(CCC)CO1. The molecule has 0 bridgehead atoms. The second kappa shape index (κ2) is 3.38. The topological polar surface area (TPSA) is 12.5 Å². The van der Waals surface area contributed by atoms with Gasteiger partial charge in [-0.1, -0.05) is 33.1 Å². The third kappa shape index (κ3) is 1.98. The molecule has 1 saturated heterocycles. The second-order valence-electron chi connectivity index (χ2n) is 3.33. The smallest absolute Gasteiger partial charge is 0.0916 e. The van der Waals surface area contributed by atoms with Gasteiger partial charge in [0.1, 0.15) is 0 Å². The molecule has 10 heavy (non-hydrogen) atoms. The van der Waals surface area contributed by atoms with Crippen molar-refractivity contribution in [1.29, 1.82) is 0 Å². The molecule has 1 unspecified atom stereocenters. The Morgan fingerprint density at radius 1 is 1.20 bits per heavy atom. The van der Waals surface area contributed by atoms with Crippen LogP contribution >= 0.6 is 0 Å². The lowest BCUT2D eigenvalue weighted by Crippen LogP contribution is -2.09. The maximum Gasteiger partial charge on any atom is 0.0916 e. The summed E-state index contributed by atoms with van der Waals surface area (Å²) in [5.74, 6) is 0. The molecule has 1 atom stereocenters. The molecule has 1 aliphatic heterocycles. The van der Waals surface area contributed by atoms with Gasteiger partial charge in [0.25, 0.3) is 0 Å². The molecule has 0 amide bonds. The number of hydrogen-bond acceptors (Lipinski definition) is 1. The Hall–Kier alpha value is -0.0400. The molecule has 1 heteroatoms. The molecule has 0 radical (unpaired) electrons. The van der Waals surface area contributed by atoms with Crippen molar-refractivity contribution in [2.24, 2.45) is 0 Å². The number of epoxide rings is 1. The Bertz CT molecular complexity index is 94.9. The van der Waals surface area contributed by atoms with Crippen LogP contribution in [0, 0.1) is 0 Å². The highest BCUT2D eigenvalue weighted by Gasteiger charge is 2.42. The van der Waals surface area contributed by atoms with Gasteiger partial charge < -0.3 is 4.74 Å². The summed E-state index contributed by atoms with van der Waals surface area (Å²) in [6.07, 6.45) is 6.46. The molecule has 0 aliphatic carbocycles. The first-order valence-electron chi connectivity index (χ1n) is 4.47. The third-order valence-corrected chi connectivity index (χ3v) is 2.24. The molecule has 1 rings (SSSR count). The number of ether oxygens (including phenoxy) is 1. The van der Waals surface area contributed by atoms with Crippen molar-refractivity contribution in [2.75, 3.05) is 6.61 Å². The average Bonchev–Trinajstić information content (AvgIpc) is 2.67. The fourth-order valence-electron chi connectivity index (χ4n) is 1.47. The van der Waals surface area contributed by atoms with E-state index >= 15 is 0 Å². The van der Waals surface area contributed by atoms with Gasteiger partial charge in [0.15, 0.2) is 0 Å². The minimum absolute atomic E-state index is 0.352. The zero-order chi connectivity index (χ0) is 7.45. The molecule has 60 valence electrons. The van der Waals surface area contributed by atoms with Gasteiger partial charge in [-0.15, -0.1) is 0 Å². The van der Waals surface area contributed by atoms with Crippen molar-refractivity contribution >= 4 is 0 Å². The Morgan fingerprint density at radius 3 is 2.30 bits per heavy atom. The van der Waals surface area contributed by atoms with Crippen LogP contribution in [0.2, 0.25) is 0 Å². The first kappa shape index (κ1) is 8.06. The predicted molar refractivity (Wildman–Crippen MR) is 43.1 cm³/mol. The molecule has 0 saturated carbocycles. The monoisotopic (exact) mass is 142 g/mol. The highest BCUT2D eigenvalue weighted by Crippen LogP contribution is 2.36. The molecular weight excluding hydrogens is 124 g/mol. The normalized spacial score (nSPS) is 30.6. The zero-order valence-corrected chi connectivity index (χ0v) is 7.15. The van der Waals surface area contributed by atoms with E-state index in [-0.39, 0.29) is 0 Å². The maximum atomic E-state index is 5.44. The summed E-state index contributed by atoms with van der Waals surface area (Å²) in [4.78, 5) is 0. The third-order valence-electron chi connectivity index (χ3n) is 2.24. The van der Waals surface area contributed by atoms with E-state index < -0.39 is 0 Å². The quantitative estimate of drug-likeness (QED) is 0.538. The van der Waals surface area contributed by atoms with Gasteiger partial charge >= 0.3 is 0 Å². The number of rotatable bonds is 5. The Labute approximate surface area is 63.8 Å². The first-order valence-corrected chi connectivity index (χ1v) is 4.47. The van der Waals surface area contributed by atoms with E-state index in [1.165, 1.54) is 32.1 Å². The van der Waals surface area contributed by atoms with E-state index in [1.54, 1.807) is 0 Å². The first-order chi connectivity index (χ1) is 4.83. The second-order valence-corrected chi connectivity index (χ2v) is 3.33. The standard InChI is InChI=1S/C9H18O/c1-3-5-7-9(6-4-2)8-10-9/h3-8H2,1-2H3. The van der Waals surface area contributed by atoms with E-state index in [0.29, 0.717) is 5.60 Å². The summed E-state index contributed by atoms with van der Waals surface area (Å²) in [5, 5.41) is 0. The molecular formula is C9H18O. The Balaban J connectivity index is 2.11. The molecule has 1 nitrogen and oxygen atoms in total. The predicted octanol–water partition coefficient (Wildman–Crippen LogP) is 2.75. The molecule has 1 aliphatic rings. The van der Waals surface area contributed by atoms with Crippen molar-refractivity contribution in [3.63, 3.8) is 0 Å². The van der Waals surface area contributed by atoms with E-state index in [1.807, 2.05) is 0 Å². The van der Waals surface area contributed by atoms with Crippen LogP contribution in [0.3, 0.4) is 0 Å². The van der Waals surface area contributed by atoms with Gasteiger partial charge in [0, 0.05) is 0 Å². The van der Waals surface area contributed by atoms with E-state index in [2.05, 4.69) is 13.8 Å². The Morgan fingerprint density at radius 2 is 1.90 bits per heavy atom. The largest absolute Gasteiger partial charge is 0.370 e. The molecule has 0 N–H and O–H groups in total. The summed E-state index contributed by atoms with van der Waals surface area (Å²) in [6, 6.07) is 0. The van der Waals surface area contributed by atoms with Gasteiger partial charge in [-0.05, 0) is 12.8 Å².